The fourth-order valence-electron chi connectivity index (χ4n) is 2.05. The summed E-state index contributed by atoms with van der Waals surface area (Å²) in [7, 11) is 8.26. The summed E-state index contributed by atoms with van der Waals surface area (Å²) in [5, 5.41) is 4.43. The molecule has 0 radical (unpaired) electrons. The number of aromatic nitrogens is 2. The topological polar surface area (TPSA) is 24.3 Å². The first kappa shape index (κ1) is 14.3. The summed E-state index contributed by atoms with van der Waals surface area (Å²) in [5.74, 6) is 1.66. The molecule has 0 aliphatic heterocycles. The number of nitrogens with zero attached hydrogens (tertiary/aromatic N) is 4. The van der Waals surface area contributed by atoms with Crippen LogP contribution in [0.25, 0.3) is 0 Å². The van der Waals surface area contributed by atoms with Crippen molar-refractivity contribution in [3.63, 3.8) is 0 Å². The molecule has 1 aromatic heterocycles. The lowest BCUT2D eigenvalue weighted by Gasteiger charge is -2.21. The number of hydrogen-bond acceptors (Lipinski definition) is 3. The molecule has 0 saturated heterocycles. The Labute approximate surface area is 109 Å². The maximum atomic E-state index is 5.99. The maximum absolute atomic E-state index is 5.99. The Morgan fingerprint density at radius 3 is 2.41 bits per heavy atom. The van der Waals surface area contributed by atoms with E-state index in [4.69, 9.17) is 11.6 Å². The van der Waals surface area contributed by atoms with Gasteiger partial charge in [-0.3, -0.25) is 4.68 Å². The summed E-state index contributed by atoms with van der Waals surface area (Å²) in [6.07, 6.45) is 1.13. The van der Waals surface area contributed by atoms with Crippen molar-refractivity contribution in [2.24, 2.45) is 7.05 Å². The highest BCUT2D eigenvalue weighted by molar-refractivity contribution is 6.17. The van der Waals surface area contributed by atoms with Gasteiger partial charge in [0.25, 0.3) is 0 Å². The molecule has 0 aromatic carbocycles. The van der Waals surface area contributed by atoms with Gasteiger partial charge in [0.05, 0.1) is 11.6 Å². The van der Waals surface area contributed by atoms with Crippen molar-refractivity contribution in [1.82, 2.24) is 14.7 Å². The second-order valence-corrected chi connectivity index (χ2v) is 4.99. The fraction of sp³-hybridized carbons (Fsp3) is 0.750. The van der Waals surface area contributed by atoms with Crippen molar-refractivity contribution in [1.29, 1.82) is 0 Å². The smallest absolute Gasteiger partial charge is 0.130 e. The molecule has 0 saturated carbocycles. The van der Waals surface area contributed by atoms with E-state index in [2.05, 4.69) is 36.0 Å². The standard InChI is InChI=1S/C12H23ClN4/c1-10-11(9-13)12(17(5)14-10)16(4)8-6-7-15(2)3/h6-9H2,1-5H3. The van der Waals surface area contributed by atoms with E-state index < -0.39 is 0 Å². The molecule has 0 spiro atoms. The van der Waals surface area contributed by atoms with Crippen LogP contribution in [0.2, 0.25) is 0 Å². The van der Waals surface area contributed by atoms with Crippen LogP contribution in [-0.4, -0.2) is 48.9 Å². The molecule has 0 aliphatic carbocycles. The number of hydrogen-bond donors (Lipinski definition) is 0. The Balaban J connectivity index is 2.71. The molecule has 1 rings (SSSR count). The molecular formula is C12H23ClN4. The lowest BCUT2D eigenvalue weighted by Crippen LogP contribution is -2.25. The van der Waals surface area contributed by atoms with E-state index in [0.717, 1.165) is 36.6 Å². The molecular weight excluding hydrogens is 236 g/mol. The first-order valence-corrected chi connectivity index (χ1v) is 6.45. The molecule has 4 nitrogen and oxygen atoms in total. The third-order valence-electron chi connectivity index (χ3n) is 2.91. The van der Waals surface area contributed by atoms with E-state index in [1.165, 1.54) is 0 Å². The average molecular weight is 259 g/mol. The molecule has 1 aromatic rings. The van der Waals surface area contributed by atoms with Crippen LogP contribution in [0.5, 0.6) is 0 Å². The van der Waals surface area contributed by atoms with Gasteiger partial charge in [-0.25, -0.2) is 0 Å². The summed E-state index contributed by atoms with van der Waals surface area (Å²) >= 11 is 5.99. The lowest BCUT2D eigenvalue weighted by atomic mass is 10.2. The van der Waals surface area contributed by atoms with Crippen LogP contribution in [0, 0.1) is 6.92 Å². The molecule has 0 amide bonds. The number of anilines is 1. The van der Waals surface area contributed by atoms with E-state index in [9.17, 15) is 0 Å². The largest absolute Gasteiger partial charge is 0.360 e. The Morgan fingerprint density at radius 1 is 1.24 bits per heavy atom. The van der Waals surface area contributed by atoms with Gasteiger partial charge in [0.1, 0.15) is 5.82 Å². The summed E-state index contributed by atoms with van der Waals surface area (Å²) < 4.78 is 1.92. The molecule has 1 heterocycles. The van der Waals surface area contributed by atoms with Gasteiger partial charge in [-0.2, -0.15) is 5.10 Å². The highest BCUT2D eigenvalue weighted by Gasteiger charge is 2.15. The van der Waals surface area contributed by atoms with Gasteiger partial charge in [-0.1, -0.05) is 0 Å². The Bertz CT molecular complexity index is 360. The highest BCUT2D eigenvalue weighted by atomic mass is 35.5. The molecule has 17 heavy (non-hydrogen) atoms. The predicted octanol–water partition coefficient (Wildman–Crippen LogP) is 1.86. The minimum atomic E-state index is 0.521. The number of aryl methyl sites for hydroxylation is 2. The maximum Gasteiger partial charge on any atom is 0.130 e. The zero-order valence-electron chi connectivity index (χ0n) is 11.5. The molecule has 0 fully saturated rings. The van der Waals surface area contributed by atoms with Gasteiger partial charge in [-0.05, 0) is 34.0 Å². The highest BCUT2D eigenvalue weighted by Crippen LogP contribution is 2.23. The van der Waals surface area contributed by atoms with Crippen LogP contribution >= 0.6 is 11.6 Å². The zero-order valence-corrected chi connectivity index (χ0v) is 12.3. The Kier molecular flexibility index (Phi) is 5.28. The van der Waals surface area contributed by atoms with E-state index >= 15 is 0 Å². The van der Waals surface area contributed by atoms with Crippen LogP contribution < -0.4 is 4.90 Å². The minimum Gasteiger partial charge on any atom is -0.360 e. The minimum absolute atomic E-state index is 0.521. The molecule has 0 N–H and O–H groups in total. The van der Waals surface area contributed by atoms with E-state index in [-0.39, 0.29) is 0 Å². The van der Waals surface area contributed by atoms with Gasteiger partial charge in [0, 0.05) is 26.2 Å². The normalized spacial score (nSPS) is 11.2. The van der Waals surface area contributed by atoms with E-state index in [1.54, 1.807) is 0 Å². The molecule has 0 bridgehead atoms. The first-order chi connectivity index (χ1) is 7.97. The van der Waals surface area contributed by atoms with Gasteiger partial charge in [-0.15, -0.1) is 11.6 Å². The first-order valence-electron chi connectivity index (χ1n) is 5.91. The van der Waals surface area contributed by atoms with Crippen LogP contribution in [0.4, 0.5) is 5.82 Å². The Hall–Kier alpha value is -0.740. The zero-order chi connectivity index (χ0) is 13.0. The molecule has 0 aliphatic rings. The van der Waals surface area contributed by atoms with Crippen molar-refractivity contribution < 1.29 is 0 Å². The van der Waals surface area contributed by atoms with Gasteiger partial charge < -0.3 is 9.80 Å². The molecule has 0 atom stereocenters. The van der Waals surface area contributed by atoms with Crippen molar-refractivity contribution in [3.05, 3.63) is 11.3 Å². The van der Waals surface area contributed by atoms with Crippen LogP contribution in [-0.2, 0) is 12.9 Å². The summed E-state index contributed by atoms with van der Waals surface area (Å²) in [5.41, 5.74) is 2.17. The molecule has 5 heteroatoms. The van der Waals surface area contributed by atoms with Crippen LogP contribution in [0.1, 0.15) is 17.7 Å². The van der Waals surface area contributed by atoms with Crippen molar-refractivity contribution in [2.45, 2.75) is 19.2 Å². The van der Waals surface area contributed by atoms with Crippen molar-refractivity contribution in [3.8, 4) is 0 Å². The predicted molar refractivity (Wildman–Crippen MR) is 73.9 cm³/mol. The van der Waals surface area contributed by atoms with Crippen LogP contribution in [0.3, 0.4) is 0 Å². The summed E-state index contributed by atoms with van der Waals surface area (Å²) in [6, 6.07) is 0. The second-order valence-electron chi connectivity index (χ2n) is 4.72. The van der Waals surface area contributed by atoms with E-state index in [1.807, 2.05) is 18.7 Å². The monoisotopic (exact) mass is 258 g/mol. The quantitative estimate of drug-likeness (QED) is 0.728. The SMILES string of the molecule is Cc1nn(C)c(N(C)CCCN(C)C)c1CCl. The lowest BCUT2D eigenvalue weighted by molar-refractivity contribution is 0.401. The van der Waals surface area contributed by atoms with E-state index in [0.29, 0.717) is 5.88 Å². The third-order valence-corrected chi connectivity index (χ3v) is 3.17. The van der Waals surface area contributed by atoms with Crippen molar-refractivity contribution in [2.75, 3.05) is 39.1 Å². The molecule has 98 valence electrons. The average Bonchev–Trinajstić information content (AvgIpc) is 2.52. The number of rotatable bonds is 6. The van der Waals surface area contributed by atoms with Crippen LogP contribution in [0.15, 0.2) is 0 Å². The number of alkyl halides is 1. The van der Waals surface area contributed by atoms with Gasteiger partial charge in [0.2, 0.25) is 0 Å². The molecule has 0 unspecified atom stereocenters. The summed E-state index contributed by atoms with van der Waals surface area (Å²) in [6.45, 7) is 4.12. The van der Waals surface area contributed by atoms with Gasteiger partial charge in [0.15, 0.2) is 0 Å². The Morgan fingerprint density at radius 2 is 1.88 bits per heavy atom. The fourth-order valence-corrected chi connectivity index (χ4v) is 2.37. The van der Waals surface area contributed by atoms with Gasteiger partial charge >= 0.3 is 0 Å². The number of halogens is 1. The third kappa shape index (κ3) is 3.61. The van der Waals surface area contributed by atoms with Crippen molar-refractivity contribution >= 4 is 17.4 Å². The second kappa shape index (κ2) is 6.26. The summed E-state index contributed by atoms with van der Waals surface area (Å²) in [4.78, 5) is 4.44.